The number of benzene rings is 2. The van der Waals surface area contributed by atoms with Gasteiger partial charge in [0.2, 0.25) is 0 Å². The van der Waals surface area contributed by atoms with Gasteiger partial charge in [-0.25, -0.2) is 9.37 Å². The summed E-state index contributed by atoms with van der Waals surface area (Å²) in [4.78, 5) is 17.7. The molecule has 0 amide bonds. The van der Waals surface area contributed by atoms with Crippen LogP contribution in [0.25, 0.3) is 10.9 Å². The van der Waals surface area contributed by atoms with Crippen LogP contribution in [-0.4, -0.2) is 30.1 Å². The number of ether oxygens (including phenoxy) is 3. The first-order chi connectivity index (χ1) is 14.1. The van der Waals surface area contributed by atoms with Crippen molar-refractivity contribution < 1.29 is 18.6 Å². The molecule has 0 N–H and O–H groups in total. The van der Waals surface area contributed by atoms with E-state index in [4.69, 9.17) is 14.2 Å². The molecule has 2 aromatic carbocycles. The van der Waals surface area contributed by atoms with E-state index in [0.29, 0.717) is 58.4 Å². The molecule has 0 atom stereocenters. The Balaban J connectivity index is 1.71. The summed E-state index contributed by atoms with van der Waals surface area (Å²) in [5.74, 6) is 0.698. The molecule has 1 aliphatic heterocycles. The highest BCUT2D eigenvalue weighted by Crippen LogP contribution is 2.33. The van der Waals surface area contributed by atoms with Crippen molar-refractivity contribution in [3.8, 4) is 5.75 Å². The van der Waals surface area contributed by atoms with Crippen molar-refractivity contribution in [3.63, 3.8) is 0 Å². The lowest BCUT2D eigenvalue weighted by atomic mass is 10.1. The summed E-state index contributed by atoms with van der Waals surface area (Å²) in [6, 6.07) is 8.28. The topological polar surface area (TPSA) is 62.6 Å². The Morgan fingerprint density at radius 1 is 1.34 bits per heavy atom. The largest absolute Gasteiger partial charge is 0.467 e. The maximum atomic E-state index is 14.0. The van der Waals surface area contributed by atoms with Gasteiger partial charge in [0, 0.05) is 28.5 Å². The molecule has 9 heteroatoms. The molecule has 1 aromatic heterocycles. The van der Waals surface area contributed by atoms with E-state index in [1.54, 1.807) is 23.8 Å². The van der Waals surface area contributed by atoms with E-state index in [9.17, 15) is 9.18 Å². The molecule has 29 heavy (non-hydrogen) atoms. The summed E-state index contributed by atoms with van der Waals surface area (Å²) in [6.07, 6.45) is 0. The van der Waals surface area contributed by atoms with Gasteiger partial charge in [-0.15, -0.1) is 0 Å². The number of hydrogen-bond donors (Lipinski definition) is 0. The Bertz CT molecular complexity index is 1120. The van der Waals surface area contributed by atoms with E-state index in [2.05, 4.69) is 20.9 Å². The lowest BCUT2D eigenvalue weighted by Gasteiger charge is -2.21. The van der Waals surface area contributed by atoms with Gasteiger partial charge in [-0.05, 0) is 30.3 Å². The Hall–Kier alpha value is -1.94. The standard InChI is InChI=1S/C20H18BrFN2O4S/c1-26-5-4-24-19(25)16-8-14(21)2-3-17(16)23-20(24)29-10-13-7-15(22)6-12-9-27-11-28-18(12)13/h2-3,6-8H,4-5,9-11H2,1H3. The van der Waals surface area contributed by atoms with Gasteiger partial charge in [0.25, 0.3) is 5.56 Å². The average molecular weight is 481 g/mol. The number of hydrogen-bond acceptors (Lipinski definition) is 6. The highest BCUT2D eigenvalue weighted by molar-refractivity contribution is 9.10. The third-order valence-electron chi connectivity index (χ3n) is 4.51. The smallest absolute Gasteiger partial charge is 0.262 e. The first-order valence-electron chi connectivity index (χ1n) is 8.90. The van der Waals surface area contributed by atoms with Crippen molar-refractivity contribution in [1.29, 1.82) is 0 Å². The molecule has 2 heterocycles. The molecule has 0 unspecified atom stereocenters. The van der Waals surface area contributed by atoms with Crippen LogP contribution in [0.15, 0.2) is 44.8 Å². The van der Waals surface area contributed by atoms with Crippen LogP contribution >= 0.6 is 27.7 Å². The van der Waals surface area contributed by atoms with E-state index in [1.807, 2.05) is 6.07 Å². The van der Waals surface area contributed by atoms with Crippen molar-refractivity contribution in [2.75, 3.05) is 20.5 Å². The Morgan fingerprint density at radius 3 is 3.03 bits per heavy atom. The third-order valence-corrected chi connectivity index (χ3v) is 6.03. The zero-order valence-corrected chi connectivity index (χ0v) is 18.0. The number of nitrogens with zero attached hydrogens (tertiary/aromatic N) is 2. The molecule has 4 rings (SSSR count). The van der Waals surface area contributed by atoms with Gasteiger partial charge in [0.05, 0.1) is 30.7 Å². The number of halogens is 2. The summed E-state index contributed by atoms with van der Waals surface area (Å²) in [7, 11) is 1.58. The molecule has 0 bridgehead atoms. The molecule has 0 aliphatic carbocycles. The summed E-state index contributed by atoms with van der Waals surface area (Å²) in [5.41, 5.74) is 1.86. The third kappa shape index (κ3) is 4.32. The van der Waals surface area contributed by atoms with E-state index in [1.165, 1.54) is 23.9 Å². The second-order valence-corrected chi connectivity index (χ2v) is 8.32. The molecule has 6 nitrogen and oxygen atoms in total. The molecular formula is C20H18BrFN2O4S. The van der Waals surface area contributed by atoms with Crippen LogP contribution in [0, 0.1) is 5.82 Å². The normalized spacial score (nSPS) is 13.3. The summed E-state index contributed by atoms with van der Waals surface area (Å²) < 4.78 is 32.4. The monoisotopic (exact) mass is 480 g/mol. The van der Waals surface area contributed by atoms with Crippen LogP contribution in [0.2, 0.25) is 0 Å². The molecule has 152 valence electrons. The van der Waals surface area contributed by atoms with E-state index in [0.717, 1.165) is 4.47 Å². The number of thioether (sulfide) groups is 1. The molecule has 0 spiro atoms. The minimum Gasteiger partial charge on any atom is -0.467 e. The number of fused-ring (bicyclic) bond motifs is 2. The van der Waals surface area contributed by atoms with Crippen molar-refractivity contribution >= 4 is 38.6 Å². The maximum absolute atomic E-state index is 14.0. The van der Waals surface area contributed by atoms with Crippen molar-refractivity contribution in [2.45, 2.75) is 24.1 Å². The Labute approximate surface area is 179 Å². The maximum Gasteiger partial charge on any atom is 0.262 e. The van der Waals surface area contributed by atoms with Crippen molar-refractivity contribution in [3.05, 3.63) is 62.1 Å². The van der Waals surface area contributed by atoms with Gasteiger partial charge in [-0.3, -0.25) is 9.36 Å². The van der Waals surface area contributed by atoms with E-state index < -0.39 is 0 Å². The molecule has 3 aromatic rings. The second kappa shape index (κ2) is 8.83. The molecule has 1 aliphatic rings. The van der Waals surface area contributed by atoms with Crippen LogP contribution in [-0.2, 0) is 28.4 Å². The zero-order valence-electron chi connectivity index (χ0n) is 15.6. The molecular weight excluding hydrogens is 463 g/mol. The summed E-state index contributed by atoms with van der Waals surface area (Å²) in [5, 5.41) is 1.08. The number of aromatic nitrogens is 2. The van der Waals surface area contributed by atoms with Gasteiger partial charge in [0.15, 0.2) is 11.9 Å². The molecule has 0 radical (unpaired) electrons. The predicted octanol–water partition coefficient (Wildman–Crippen LogP) is 4.10. The minimum atomic E-state index is -0.346. The fraction of sp³-hybridized carbons (Fsp3) is 0.300. The fourth-order valence-corrected chi connectivity index (χ4v) is 4.52. The lowest BCUT2D eigenvalue weighted by molar-refractivity contribution is -0.0171. The highest BCUT2D eigenvalue weighted by Gasteiger charge is 2.19. The number of rotatable bonds is 6. The molecule has 0 fully saturated rings. The predicted molar refractivity (Wildman–Crippen MR) is 112 cm³/mol. The average Bonchev–Trinajstić information content (AvgIpc) is 2.72. The van der Waals surface area contributed by atoms with Crippen molar-refractivity contribution in [1.82, 2.24) is 9.55 Å². The molecule has 0 saturated heterocycles. The van der Waals surface area contributed by atoms with E-state index >= 15 is 0 Å². The van der Waals surface area contributed by atoms with Crippen LogP contribution in [0.4, 0.5) is 4.39 Å². The zero-order chi connectivity index (χ0) is 20.4. The first kappa shape index (κ1) is 20.3. The summed E-state index contributed by atoms with van der Waals surface area (Å²) >= 11 is 4.76. The minimum absolute atomic E-state index is 0.137. The number of methoxy groups -OCH3 is 1. The van der Waals surface area contributed by atoms with Crippen LogP contribution in [0.3, 0.4) is 0 Å². The van der Waals surface area contributed by atoms with Gasteiger partial charge >= 0.3 is 0 Å². The van der Waals surface area contributed by atoms with Crippen LogP contribution in [0.5, 0.6) is 5.75 Å². The van der Waals surface area contributed by atoms with Gasteiger partial charge in [0.1, 0.15) is 11.6 Å². The fourth-order valence-electron chi connectivity index (χ4n) is 3.17. The lowest BCUT2D eigenvalue weighted by Crippen LogP contribution is -2.25. The quantitative estimate of drug-likeness (QED) is 0.390. The first-order valence-corrected chi connectivity index (χ1v) is 10.7. The summed E-state index contributed by atoms with van der Waals surface area (Å²) in [6.45, 7) is 1.20. The van der Waals surface area contributed by atoms with Gasteiger partial charge < -0.3 is 14.2 Å². The Kier molecular flexibility index (Phi) is 6.19. The van der Waals surface area contributed by atoms with Gasteiger partial charge in [-0.1, -0.05) is 27.7 Å². The second-order valence-electron chi connectivity index (χ2n) is 6.46. The Morgan fingerprint density at radius 2 is 2.21 bits per heavy atom. The highest BCUT2D eigenvalue weighted by atomic mass is 79.9. The van der Waals surface area contributed by atoms with Crippen molar-refractivity contribution in [2.24, 2.45) is 0 Å². The van der Waals surface area contributed by atoms with Crippen LogP contribution in [0.1, 0.15) is 11.1 Å². The van der Waals surface area contributed by atoms with Gasteiger partial charge in [-0.2, -0.15) is 0 Å². The SMILES string of the molecule is COCCn1c(SCc2cc(F)cc3c2OCOC3)nc2ccc(Br)cc2c1=O. The van der Waals surface area contributed by atoms with Crippen LogP contribution < -0.4 is 10.3 Å². The van der Waals surface area contributed by atoms with E-state index in [-0.39, 0.29) is 18.2 Å². The molecule has 0 saturated carbocycles.